The lowest BCUT2D eigenvalue weighted by atomic mass is 9.95. The van der Waals surface area contributed by atoms with Crippen LogP contribution in [0.2, 0.25) is 0 Å². The molecule has 8 nitrogen and oxygen atoms in total. The minimum atomic E-state index is -3.74. The minimum absolute atomic E-state index is 0.00990. The number of nitrogens with one attached hydrogen (secondary N) is 1. The van der Waals surface area contributed by atoms with Gasteiger partial charge in [-0.2, -0.15) is 4.31 Å². The van der Waals surface area contributed by atoms with Crippen LogP contribution < -0.4 is 10.1 Å². The van der Waals surface area contributed by atoms with Gasteiger partial charge in [-0.05, 0) is 50.3 Å². The maximum atomic E-state index is 13.1. The Morgan fingerprint density at radius 2 is 1.93 bits per heavy atom. The zero-order valence-corrected chi connectivity index (χ0v) is 17.9. The Balaban J connectivity index is 1.66. The third-order valence-electron chi connectivity index (χ3n) is 5.33. The van der Waals surface area contributed by atoms with Crippen molar-refractivity contribution >= 4 is 27.6 Å². The first-order valence-electron chi connectivity index (χ1n) is 10.2. The van der Waals surface area contributed by atoms with E-state index in [9.17, 15) is 18.0 Å². The van der Waals surface area contributed by atoms with Gasteiger partial charge in [0.25, 0.3) is 5.91 Å². The summed E-state index contributed by atoms with van der Waals surface area (Å²) in [6.45, 7) is 0.516. The fraction of sp³-hybridized carbons (Fsp3) is 0.524. The van der Waals surface area contributed by atoms with Gasteiger partial charge in [0, 0.05) is 18.8 Å². The molecule has 2 aliphatic rings. The van der Waals surface area contributed by atoms with Crippen LogP contribution >= 0.6 is 0 Å². The van der Waals surface area contributed by atoms with Gasteiger partial charge in [0.15, 0.2) is 6.61 Å². The molecule has 9 heteroatoms. The highest BCUT2D eigenvalue weighted by molar-refractivity contribution is 7.89. The summed E-state index contributed by atoms with van der Waals surface area (Å²) in [5.74, 6) is -0.917. The zero-order chi connectivity index (χ0) is 21.6. The molecule has 3 rings (SSSR count). The number of ether oxygens (including phenoxy) is 2. The average molecular weight is 437 g/mol. The molecule has 1 saturated heterocycles. The summed E-state index contributed by atoms with van der Waals surface area (Å²) in [7, 11) is -2.33. The van der Waals surface area contributed by atoms with E-state index in [0.717, 1.165) is 25.7 Å². The molecular weight excluding hydrogens is 408 g/mol. The third kappa shape index (κ3) is 5.40. The van der Waals surface area contributed by atoms with Gasteiger partial charge in [-0.15, -0.1) is 0 Å². The largest absolute Gasteiger partial charge is 0.495 e. The van der Waals surface area contributed by atoms with Crippen LogP contribution in [0.1, 0.15) is 38.5 Å². The van der Waals surface area contributed by atoms with Gasteiger partial charge in [0.05, 0.1) is 13.0 Å². The van der Waals surface area contributed by atoms with Gasteiger partial charge in [-0.3, -0.25) is 9.59 Å². The summed E-state index contributed by atoms with van der Waals surface area (Å²) in [6, 6.07) is 4.45. The van der Waals surface area contributed by atoms with Gasteiger partial charge in [0.1, 0.15) is 10.6 Å². The van der Waals surface area contributed by atoms with Crippen LogP contribution in [-0.4, -0.2) is 51.4 Å². The van der Waals surface area contributed by atoms with Gasteiger partial charge < -0.3 is 14.8 Å². The highest BCUT2D eigenvalue weighted by atomic mass is 32.2. The molecule has 1 aliphatic heterocycles. The predicted molar refractivity (Wildman–Crippen MR) is 112 cm³/mol. The van der Waals surface area contributed by atoms with Crippen LogP contribution in [0.25, 0.3) is 0 Å². The Kier molecular flexibility index (Phi) is 7.49. The van der Waals surface area contributed by atoms with Crippen molar-refractivity contribution in [3.05, 3.63) is 30.4 Å². The van der Waals surface area contributed by atoms with Crippen molar-refractivity contribution in [1.29, 1.82) is 0 Å². The van der Waals surface area contributed by atoms with E-state index < -0.39 is 28.5 Å². The summed E-state index contributed by atoms with van der Waals surface area (Å²) in [5, 5.41) is 2.60. The molecule has 1 amide bonds. The normalized spacial score (nSPS) is 19.8. The van der Waals surface area contributed by atoms with Crippen molar-refractivity contribution in [3.63, 3.8) is 0 Å². The molecule has 1 N–H and O–H groups in total. The molecule has 164 valence electrons. The molecule has 1 atom stereocenters. The first-order chi connectivity index (χ1) is 14.4. The molecule has 1 fully saturated rings. The second kappa shape index (κ2) is 10.1. The first-order valence-corrected chi connectivity index (χ1v) is 11.7. The van der Waals surface area contributed by atoms with Gasteiger partial charge in [-0.25, -0.2) is 8.42 Å². The number of benzene rings is 1. The zero-order valence-electron chi connectivity index (χ0n) is 17.1. The predicted octanol–water partition coefficient (Wildman–Crippen LogP) is 2.71. The molecule has 1 unspecified atom stereocenters. The second-order valence-corrected chi connectivity index (χ2v) is 9.37. The number of carbonyl (C=O) groups excluding carboxylic acids is 2. The van der Waals surface area contributed by atoms with E-state index in [1.165, 1.54) is 23.5 Å². The number of sulfonamides is 1. The Morgan fingerprint density at radius 1 is 1.17 bits per heavy atom. The Hall–Kier alpha value is -2.39. The number of amides is 1. The van der Waals surface area contributed by atoms with Crippen molar-refractivity contribution in [2.45, 2.75) is 43.4 Å². The summed E-state index contributed by atoms with van der Waals surface area (Å²) >= 11 is 0. The molecule has 0 aromatic heterocycles. The Bertz CT molecular complexity index is 906. The van der Waals surface area contributed by atoms with E-state index in [4.69, 9.17) is 9.47 Å². The summed E-state index contributed by atoms with van der Waals surface area (Å²) in [5.41, 5.74) is 0.299. The number of hydrogen-bond acceptors (Lipinski definition) is 6. The van der Waals surface area contributed by atoms with E-state index in [1.807, 2.05) is 12.2 Å². The molecule has 1 aromatic rings. The van der Waals surface area contributed by atoms with E-state index in [-0.39, 0.29) is 16.6 Å². The molecule has 1 aromatic carbocycles. The quantitative estimate of drug-likeness (QED) is 0.521. The minimum Gasteiger partial charge on any atom is -0.495 e. The smallest absolute Gasteiger partial charge is 0.309 e. The number of rotatable bonds is 7. The molecule has 0 bridgehead atoms. The third-order valence-corrected chi connectivity index (χ3v) is 7.25. The molecule has 0 saturated carbocycles. The van der Waals surface area contributed by atoms with Gasteiger partial charge in [-0.1, -0.05) is 18.6 Å². The van der Waals surface area contributed by atoms with Crippen molar-refractivity contribution in [3.8, 4) is 5.75 Å². The lowest BCUT2D eigenvalue weighted by molar-refractivity contribution is -0.151. The Labute approximate surface area is 177 Å². The van der Waals surface area contributed by atoms with Crippen LogP contribution in [-0.2, 0) is 24.3 Å². The second-order valence-electron chi connectivity index (χ2n) is 7.47. The van der Waals surface area contributed by atoms with Crippen LogP contribution in [0.4, 0.5) is 5.69 Å². The first kappa shape index (κ1) is 22.3. The van der Waals surface area contributed by atoms with Crippen molar-refractivity contribution in [1.82, 2.24) is 4.31 Å². The number of esters is 1. The number of nitrogens with zero attached hydrogens (tertiary/aromatic N) is 1. The topological polar surface area (TPSA) is 102 Å². The fourth-order valence-corrected chi connectivity index (χ4v) is 5.36. The molecule has 0 radical (unpaired) electrons. The van der Waals surface area contributed by atoms with Crippen LogP contribution in [0.3, 0.4) is 0 Å². The lowest BCUT2D eigenvalue weighted by Gasteiger charge is -2.26. The van der Waals surface area contributed by atoms with E-state index >= 15 is 0 Å². The SMILES string of the molecule is COc1ccc(NC(=O)COC(=O)C2CC=CCC2)cc1S(=O)(=O)N1CCCCC1. The van der Waals surface area contributed by atoms with E-state index in [1.54, 1.807) is 6.07 Å². The number of hydrogen-bond donors (Lipinski definition) is 1. The summed E-state index contributed by atoms with van der Waals surface area (Å²) < 4.78 is 37.9. The summed E-state index contributed by atoms with van der Waals surface area (Å²) in [4.78, 5) is 24.3. The van der Waals surface area contributed by atoms with Crippen molar-refractivity contribution in [2.75, 3.05) is 32.1 Å². The van der Waals surface area contributed by atoms with Crippen LogP contribution in [0, 0.1) is 5.92 Å². The maximum absolute atomic E-state index is 13.1. The number of allylic oxidation sites excluding steroid dienone is 2. The van der Waals surface area contributed by atoms with E-state index in [2.05, 4.69) is 5.32 Å². The van der Waals surface area contributed by atoms with Crippen LogP contribution in [0.15, 0.2) is 35.2 Å². The number of carbonyl (C=O) groups is 2. The standard InChI is InChI=1S/C21H28N2O6S/c1-28-18-11-10-17(14-19(18)30(26,27)23-12-6-3-7-13-23)22-20(24)15-29-21(25)16-8-4-2-5-9-16/h2,4,10-11,14,16H,3,5-9,12-13,15H2,1H3,(H,22,24). The molecular formula is C21H28N2O6S. The van der Waals surface area contributed by atoms with E-state index in [0.29, 0.717) is 31.6 Å². The Morgan fingerprint density at radius 3 is 2.60 bits per heavy atom. The maximum Gasteiger partial charge on any atom is 0.309 e. The molecule has 0 spiro atoms. The summed E-state index contributed by atoms with van der Waals surface area (Å²) in [6.07, 6.45) is 8.78. The monoisotopic (exact) mass is 436 g/mol. The average Bonchev–Trinajstić information content (AvgIpc) is 2.78. The number of methoxy groups -OCH3 is 1. The molecule has 30 heavy (non-hydrogen) atoms. The highest BCUT2D eigenvalue weighted by Crippen LogP contribution is 2.31. The fourth-order valence-electron chi connectivity index (χ4n) is 3.66. The number of anilines is 1. The molecule has 1 heterocycles. The van der Waals surface area contributed by atoms with Gasteiger partial charge in [0.2, 0.25) is 10.0 Å². The highest BCUT2D eigenvalue weighted by Gasteiger charge is 2.29. The van der Waals surface area contributed by atoms with Crippen LogP contribution in [0.5, 0.6) is 5.75 Å². The van der Waals surface area contributed by atoms with Crippen molar-refractivity contribution in [2.24, 2.45) is 5.92 Å². The van der Waals surface area contributed by atoms with Gasteiger partial charge >= 0.3 is 5.97 Å². The lowest BCUT2D eigenvalue weighted by Crippen LogP contribution is -2.35. The van der Waals surface area contributed by atoms with Crippen molar-refractivity contribution < 1.29 is 27.5 Å². The number of piperidine rings is 1. The molecule has 1 aliphatic carbocycles.